The van der Waals surface area contributed by atoms with E-state index < -0.39 is 22.0 Å². The SMILES string of the molecule is CNC(=O)C1CCCN1C(=O)CNC(=O)c1ccc(S(=O)(=O)Nc2ccccc2)cc1. The molecule has 31 heavy (non-hydrogen) atoms. The van der Waals surface area contributed by atoms with Crippen molar-refractivity contribution in [2.24, 2.45) is 0 Å². The fourth-order valence-electron chi connectivity index (χ4n) is 3.37. The summed E-state index contributed by atoms with van der Waals surface area (Å²) in [6.45, 7) is 0.218. The zero-order valence-electron chi connectivity index (χ0n) is 17.0. The van der Waals surface area contributed by atoms with Crippen LogP contribution in [-0.4, -0.2) is 57.2 Å². The Kier molecular flexibility index (Phi) is 6.91. The lowest BCUT2D eigenvalue weighted by atomic mass is 10.2. The highest BCUT2D eigenvalue weighted by molar-refractivity contribution is 7.92. The van der Waals surface area contributed by atoms with Crippen molar-refractivity contribution in [3.63, 3.8) is 0 Å². The molecule has 1 fully saturated rings. The van der Waals surface area contributed by atoms with Crippen molar-refractivity contribution >= 4 is 33.4 Å². The highest BCUT2D eigenvalue weighted by atomic mass is 32.2. The number of hydrogen-bond donors (Lipinski definition) is 3. The van der Waals surface area contributed by atoms with E-state index in [0.29, 0.717) is 18.7 Å². The predicted molar refractivity (Wildman–Crippen MR) is 115 cm³/mol. The number of para-hydroxylation sites is 1. The summed E-state index contributed by atoms with van der Waals surface area (Å²) in [5.74, 6) is -1.08. The molecule has 1 aliphatic heterocycles. The van der Waals surface area contributed by atoms with Crippen LogP contribution in [0.2, 0.25) is 0 Å². The molecule has 1 heterocycles. The standard InChI is InChI=1S/C21H24N4O5S/c1-22-21(28)18-8-5-13-25(18)19(26)14-23-20(27)15-9-11-17(12-10-15)31(29,30)24-16-6-3-2-4-7-16/h2-4,6-7,9-12,18,24H,5,8,13-14H2,1H3,(H,22,28)(H,23,27). The van der Waals surface area contributed by atoms with Gasteiger partial charge in [0.25, 0.3) is 15.9 Å². The number of benzene rings is 2. The van der Waals surface area contributed by atoms with Crippen molar-refractivity contribution in [1.82, 2.24) is 15.5 Å². The summed E-state index contributed by atoms with van der Waals surface area (Å²) in [4.78, 5) is 38.1. The summed E-state index contributed by atoms with van der Waals surface area (Å²) in [5, 5.41) is 5.06. The van der Waals surface area contributed by atoms with E-state index in [1.54, 1.807) is 30.3 Å². The lowest BCUT2D eigenvalue weighted by molar-refractivity contribution is -0.137. The molecule has 1 unspecified atom stereocenters. The molecule has 10 heteroatoms. The van der Waals surface area contributed by atoms with Crippen molar-refractivity contribution in [1.29, 1.82) is 0 Å². The smallest absolute Gasteiger partial charge is 0.261 e. The normalized spacial score (nSPS) is 15.9. The molecule has 9 nitrogen and oxygen atoms in total. The number of sulfonamides is 1. The van der Waals surface area contributed by atoms with Gasteiger partial charge >= 0.3 is 0 Å². The van der Waals surface area contributed by atoms with Gasteiger partial charge in [0.05, 0.1) is 11.4 Å². The molecule has 164 valence electrons. The first-order valence-electron chi connectivity index (χ1n) is 9.79. The van der Waals surface area contributed by atoms with Crippen LogP contribution >= 0.6 is 0 Å². The number of nitrogens with zero attached hydrogens (tertiary/aromatic N) is 1. The number of carbonyl (C=O) groups is 3. The summed E-state index contributed by atoms with van der Waals surface area (Å²) in [7, 11) is -2.27. The average Bonchev–Trinajstić information content (AvgIpc) is 3.27. The maximum atomic E-state index is 12.5. The molecule has 3 rings (SSSR count). The molecule has 3 N–H and O–H groups in total. The van der Waals surface area contributed by atoms with Crippen LogP contribution in [0.15, 0.2) is 59.5 Å². The Balaban J connectivity index is 1.59. The quantitative estimate of drug-likeness (QED) is 0.587. The molecular formula is C21H24N4O5S. The monoisotopic (exact) mass is 444 g/mol. The average molecular weight is 445 g/mol. The fourth-order valence-corrected chi connectivity index (χ4v) is 4.43. The zero-order valence-corrected chi connectivity index (χ0v) is 17.8. The van der Waals surface area contributed by atoms with Gasteiger partial charge in [0, 0.05) is 24.8 Å². The van der Waals surface area contributed by atoms with E-state index >= 15 is 0 Å². The topological polar surface area (TPSA) is 125 Å². The van der Waals surface area contributed by atoms with E-state index in [-0.39, 0.29) is 28.8 Å². The number of amides is 3. The third-order valence-electron chi connectivity index (χ3n) is 4.98. The lowest BCUT2D eigenvalue weighted by Crippen LogP contribution is -2.48. The summed E-state index contributed by atoms with van der Waals surface area (Å²) in [6, 6.07) is 13.3. The van der Waals surface area contributed by atoms with Crippen LogP contribution < -0.4 is 15.4 Å². The van der Waals surface area contributed by atoms with Crippen molar-refractivity contribution in [3.8, 4) is 0 Å². The van der Waals surface area contributed by atoms with Gasteiger partial charge in [-0.15, -0.1) is 0 Å². The Morgan fingerprint density at radius 3 is 2.35 bits per heavy atom. The van der Waals surface area contributed by atoms with Crippen LogP contribution in [0, 0.1) is 0 Å². The maximum Gasteiger partial charge on any atom is 0.261 e. The first-order chi connectivity index (χ1) is 14.8. The minimum atomic E-state index is -3.79. The minimum Gasteiger partial charge on any atom is -0.357 e. The molecule has 3 amide bonds. The Morgan fingerprint density at radius 2 is 1.71 bits per heavy atom. The zero-order chi connectivity index (χ0) is 22.4. The second-order valence-corrected chi connectivity index (χ2v) is 8.72. The lowest BCUT2D eigenvalue weighted by Gasteiger charge is -2.23. The van der Waals surface area contributed by atoms with Gasteiger partial charge in [-0.1, -0.05) is 18.2 Å². The Morgan fingerprint density at radius 1 is 1.03 bits per heavy atom. The van der Waals surface area contributed by atoms with Crippen LogP contribution in [0.4, 0.5) is 5.69 Å². The van der Waals surface area contributed by atoms with Gasteiger partial charge in [0.2, 0.25) is 11.8 Å². The van der Waals surface area contributed by atoms with Crippen LogP contribution in [0.1, 0.15) is 23.2 Å². The third kappa shape index (κ3) is 5.40. The summed E-state index contributed by atoms with van der Waals surface area (Å²) in [6.07, 6.45) is 1.32. The van der Waals surface area contributed by atoms with Crippen LogP contribution in [-0.2, 0) is 19.6 Å². The molecule has 2 aromatic rings. The molecule has 1 saturated heterocycles. The Hall–Kier alpha value is -3.40. The van der Waals surface area contributed by atoms with Gasteiger partial charge in [-0.05, 0) is 49.2 Å². The summed E-state index contributed by atoms with van der Waals surface area (Å²) >= 11 is 0. The van der Waals surface area contributed by atoms with Gasteiger partial charge < -0.3 is 15.5 Å². The molecular weight excluding hydrogens is 420 g/mol. The van der Waals surface area contributed by atoms with Gasteiger partial charge in [0.15, 0.2) is 0 Å². The number of likely N-dealkylation sites (N-methyl/N-ethyl adjacent to an activating group) is 1. The highest BCUT2D eigenvalue weighted by Gasteiger charge is 2.33. The van der Waals surface area contributed by atoms with Crippen molar-refractivity contribution in [3.05, 3.63) is 60.2 Å². The van der Waals surface area contributed by atoms with E-state index in [2.05, 4.69) is 15.4 Å². The van der Waals surface area contributed by atoms with Crippen LogP contribution in [0.5, 0.6) is 0 Å². The molecule has 2 aromatic carbocycles. The molecule has 0 aromatic heterocycles. The van der Waals surface area contributed by atoms with Crippen molar-refractivity contribution in [2.45, 2.75) is 23.8 Å². The third-order valence-corrected chi connectivity index (χ3v) is 6.37. The van der Waals surface area contributed by atoms with Gasteiger partial charge in [0.1, 0.15) is 6.04 Å². The van der Waals surface area contributed by atoms with E-state index in [4.69, 9.17) is 0 Å². The number of hydrogen-bond acceptors (Lipinski definition) is 5. The number of anilines is 1. The number of likely N-dealkylation sites (tertiary alicyclic amines) is 1. The first-order valence-corrected chi connectivity index (χ1v) is 11.3. The Bertz CT molecular complexity index is 1050. The van der Waals surface area contributed by atoms with E-state index in [9.17, 15) is 22.8 Å². The van der Waals surface area contributed by atoms with Crippen LogP contribution in [0.3, 0.4) is 0 Å². The number of carbonyl (C=O) groups excluding carboxylic acids is 3. The molecule has 0 aliphatic carbocycles. The summed E-state index contributed by atoms with van der Waals surface area (Å²) in [5.41, 5.74) is 0.649. The number of nitrogens with one attached hydrogen (secondary N) is 3. The van der Waals surface area contributed by atoms with Gasteiger partial charge in [-0.25, -0.2) is 8.42 Å². The fraction of sp³-hybridized carbons (Fsp3) is 0.286. The molecule has 0 saturated carbocycles. The van der Waals surface area contributed by atoms with E-state index in [1.165, 1.54) is 36.2 Å². The van der Waals surface area contributed by atoms with Gasteiger partial charge in [-0.3, -0.25) is 19.1 Å². The molecule has 0 spiro atoms. The predicted octanol–water partition coefficient (Wildman–Crippen LogP) is 0.954. The molecule has 1 aliphatic rings. The minimum absolute atomic E-state index is 0.00876. The van der Waals surface area contributed by atoms with Crippen LogP contribution in [0.25, 0.3) is 0 Å². The summed E-state index contributed by atoms with van der Waals surface area (Å²) < 4.78 is 27.4. The van der Waals surface area contributed by atoms with Crippen molar-refractivity contribution in [2.75, 3.05) is 24.9 Å². The number of rotatable bonds is 7. The molecule has 0 radical (unpaired) electrons. The van der Waals surface area contributed by atoms with Gasteiger partial charge in [-0.2, -0.15) is 0 Å². The molecule has 0 bridgehead atoms. The van der Waals surface area contributed by atoms with E-state index in [0.717, 1.165) is 6.42 Å². The Labute approximate surface area is 180 Å². The van der Waals surface area contributed by atoms with E-state index in [1.807, 2.05) is 0 Å². The second kappa shape index (κ2) is 9.61. The largest absolute Gasteiger partial charge is 0.357 e. The first kappa shape index (κ1) is 22.3. The van der Waals surface area contributed by atoms with Crippen molar-refractivity contribution < 1.29 is 22.8 Å². The second-order valence-electron chi connectivity index (χ2n) is 7.04. The highest BCUT2D eigenvalue weighted by Crippen LogP contribution is 2.18. The maximum absolute atomic E-state index is 12.5. The molecule has 1 atom stereocenters.